The number of nitrogens with one attached hydrogen (secondary N) is 2. The molecular weight excluding hydrogens is 493 g/mol. The van der Waals surface area contributed by atoms with Crippen molar-refractivity contribution in [3.8, 4) is 0 Å². The van der Waals surface area contributed by atoms with Crippen molar-refractivity contribution >= 4 is 41.2 Å². The fourth-order valence-corrected chi connectivity index (χ4v) is 4.99. The van der Waals surface area contributed by atoms with E-state index in [1.165, 1.54) is 0 Å². The molecule has 2 N–H and O–H groups in total. The first kappa shape index (κ1) is 27.1. The van der Waals surface area contributed by atoms with Crippen molar-refractivity contribution in [3.05, 3.63) is 45.1 Å². The van der Waals surface area contributed by atoms with Crippen LogP contribution in [0, 0.1) is 0 Å². The van der Waals surface area contributed by atoms with Gasteiger partial charge in [0.2, 0.25) is 0 Å². The number of amides is 4. The first-order valence-corrected chi connectivity index (χ1v) is 12.7. The fraction of sp³-hybridized carbons (Fsp3) is 0.542. The number of carbonyl (C=O) groups excluding carboxylic acids is 3. The molecule has 2 aliphatic rings. The number of benzene rings is 1. The summed E-state index contributed by atoms with van der Waals surface area (Å²) in [4.78, 5) is 44.3. The van der Waals surface area contributed by atoms with Gasteiger partial charge in [0.1, 0.15) is 0 Å². The van der Waals surface area contributed by atoms with Crippen LogP contribution in [0.1, 0.15) is 39.3 Å². The second-order valence-corrected chi connectivity index (χ2v) is 9.25. The van der Waals surface area contributed by atoms with E-state index in [1.54, 1.807) is 34.9 Å². The summed E-state index contributed by atoms with van der Waals surface area (Å²) in [5.74, 6) is -0.518. The Hall–Kier alpha value is -2.49. The van der Waals surface area contributed by atoms with Gasteiger partial charge in [-0.25, -0.2) is 14.4 Å². The lowest BCUT2D eigenvalue weighted by Crippen LogP contribution is -2.58. The Balaban J connectivity index is 2.00. The Bertz CT molecular complexity index is 1000. The average molecular weight is 526 g/mol. The Morgan fingerprint density at radius 2 is 1.94 bits per heavy atom. The van der Waals surface area contributed by atoms with Crippen LogP contribution in [0.15, 0.2) is 29.5 Å². The molecule has 4 amide bonds. The van der Waals surface area contributed by atoms with Crippen molar-refractivity contribution in [2.45, 2.75) is 39.8 Å². The zero-order chi connectivity index (χ0) is 25.7. The molecule has 2 heterocycles. The van der Waals surface area contributed by atoms with Crippen LogP contribution < -0.4 is 10.6 Å². The van der Waals surface area contributed by atoms with Gasteiger partial charge in [0.15, 0.2) is 0 Å². The highest BCUT2D eigenvalue weighted by Gasteiger charge is 2.40. The van der Waals surface area contributed by atoms with Crippen LogP contribution in [0.4, 0.5) is 9.59 Å². The molecule has 11 heteroatoms. The van der Waals surface area contributed by atoms with Crippen LogP contribution in [0.2, 0.25) is 10.0 Å². The molecule has 0 saturated carbocycles. The summed E-state index contributed by atoms with van der Waals surface area (Å²) in [6.07, 6.45) is 0. The van der Waals surface area contributed by atoms with Gasteiger partial charge in [0.05, 0.1) is 28.3 Å². The number of hydrogen-bond donors (Lipinski definition) is 2. The molecule has 0 spiro atoms. The van der Waals surface area contributed by atoms with Gasteiger partial charge in [0, 0.05) is 51.0 Å². The minimum atomic E-state index is -0.806. The number of nitrogens with zero attached hydrogens (tertiary/aromatic N) is 3. The van der Waals surface area contributed by atoms with E-state index in [9.17, 15) is 14.4 Å². The fourth-order valence-electron chi connectivity index (χ4n) is 4.58. The van der Waals surface area contributed by atoms with E-state index in [-0.39, 0.29) is 29.7 Å². The van der Waals surface area contributed by atoms with E-state index >= 15 is 0 Å². The standard InChI is InChI=1S/C24H33Cl2N5O4/c1-5-27-23(33)31-12-11-29(13-15(31)4)14-18-19(22(32)35-7-3)21(28-24(34)30(18)6-2)16-9-8-10-17(25)20(16)26/h8-10,15,21H,5-7,11-14H2,1-4H3,(H,27,33)(H,28,34)/t15-,21+/m1/s1. The van der Waals surface area contributed by atoms with Crippen LogP contribution in [0.25, 0.3) is 0 Å². The van der Waals surface area contributed by atoms with Crippen molar-refractivity contribution in [2.24, 2.45) is 0 Å². The molecule has 0 bridgehead atoms. The first-order chi connectivity index (χ1) is 16.7. The minimum absolute atomic E-state index is 0.0346. The van der Waals surface area contributed by atoms with E-state index in [1.807, 2.05) is 20.8 Å². The summed E-state index contributed by atoms with van der Waals surface area (Å²) in [6, 6.07) is 3.87. The molecule has 3 rings (SSSR count). The maximum Gasteiger partial charge on any atom is 0.338 e. The molecule has 1 saturated heterocycles. The molecule has 0 aromatic heterocycles. The molecule has 0 unspecified atom stereocenters. The molecular formula is C24H33Cl2N5O4. The Morgan fingerprint density at radius 3 is 2.57 bits per heavy atom. The monoisotopic (exact) mass is 525 g/mol. The molecule has 1 fully saturated rings. The number of urea groups is 2. The molecule has 2 atom stereocenters. The Kier molecular flexibility index (Phi) is 9.27. The van der Waals surface area contributed by atoms with Gasteiger partial charge in [-0.05, 0) is 39.3 Å². The van der Waals surface area contributed by atoms with Gasteiger partial charge in [-0.15, -0.1) is 0 Å². The highest BCUT2D eigenvalue weighted by atomic mass is 35.5. The van der Waals surface area contributed by atoms with Crippen LogP contribution >= 0.6 is 23.2 Å². The number of piperazine rings is 1. The van der Waals surface area contributed by atoms with Crippen molar-refractivity contribution in [2.75, 3.05) is 45.9 Å². The third-order valence-corrected chi connectivity index (χ3v) is 7.05. The van der Waals surface area contributed by atoms with E-state index in [0.717, 1.165) is 0 Å². The van der Waals surface area contributed by atoms with Crippen LogP contribution in [0.3, 0.4) is 0 Å². The van der Waals surface area contributed by atoms with Gasteiger partial charge in [-0.2, -0.15) is 0 Å². The summed E-state index contributed by atoms with van der Waals surface area (Å²) in [6.45, 7) is 10.7. The second kappa shape index (κ2) is 12.0. The molecule has 35 heavy (non-hydrogen) atoms. The van der Waals surface area contributed by atoms with Crippen molar-refractivity contribution in [1.29, 1.82) is 0 Å². The minimum Gasteiger partial charge on any atom is -0.463 e. The zero-order valence-electron chi connectivity index (χ0n) is 20.6. The van der Waals surface area contributed by atoms with Crippen LogP contribution in [-0.4, -0.2) is 84.6 Å². The number of halogens is 2. The lowest BCUT2D eigenvalue weighted by Gasteiger charge is -2.42. The number of rotatable bonds is 7. The molecule has 192 valence electrons. The van der Waals surface area contributed by atoms with Crippen LogP contribution in [-0.2, 0) is 9.53 Å². The summed E-state index contributed by atoms with van der Waals surface area (Å²) in [5, 5.41) is 6.36. The number of hydrogen-bond acceptors (Lipinski definition) is 5. The Morgan fingerprint density at radius 1 is 1.20 bits per heavy atom. The van der Waals surface area contributed by atoms with E-state index in [4.69, 9.17) is 27.9 Å². The average Bonchev–Trinajstić information content (AvgIpc) is 2.81. The highest BCUT2D eigenvalue weighted by Crippen LogP contribution is 2.38. The molecule has 1 aromatic carbocycles. The van der Waals surface area contributed by atoms with Gasteiger partial charge < -0.3 is 20.3 Å². The normalized spacial score (nSPS) is 21.1. The van der Waals surface area contributed by atoms with Gasteiger partial charge in [-0.3, -0.25) is 9.80 Å². The number of carbonyl (C=O) groups is 3. The zero-order valence-corrected chi connectivity index (χ0v) is 22.1. The molecule has 0 radical (unpaired) electrons. The van der Waals surface area contributed by atoms with Crippen molar-refractivity contribution < 1.29 is 19.1 Å². The summed E-state index contributed by atoms with van der Waals surface area (Å²) in [7, 11) is 0. The summed E-state index contributed by atoms with van der Waals surface area (Å²) in [5.41, 5.74) is 1.42. The number of ether oxygens (including phenoxy) is 1. The molecule has 1 aromatic rings. The van der Waals surface area contributed by atoms with E-state index in [0.29, 0.717) is 61.1 Å². The predicted molar refractivity (Wildman–Crippen MR) is 135 cm³/mol. The quantitative estimate of drug-likeness (QED) is 0.530. The van der Waals surface area contributed by atoms with E-state index in [2.05, 4.69) is 15.5 Å². The van der Waals surface area contributed by atoms with Crippen molar-refractivity contribution in [3.63, 3.8) is 0 Å². The second-order valence-electron chi connectivity index (χ2n) is 8.46. The highest BCUT2D eigenvalue weighted by molar-refractivity contribution is 6.42. The van der Waals surface area contributed by atoms with E-state index < -0.39 is 12.0 Å². The predicted octanol–water partition coefficient (Wildman–Crippen LogP) is 3.63. The lowest BCUT2D eigenvalue weighted by atomic mass is 9.94. The third kappa shape index (κ3) is 5.85. The molecule has 2 aliphatic heterocycles. The number of likely N-dealkylation sites (N-methyl/N-ethyl adjacent to an activating group) is 1. The molecule has 9 nitrogen and oxygen atoms in total. The molecule has 0 aliphatic carbocycles. The smallest absolute Gasteiger partial charge is 0.338 e. The maximum absolute atomic E-state index is 13.3. The Labute approximate surface area is 216 Å². The topological polar surface area (TPSA) is 94.2 Å². The maximum atomic E-state index is 13.3. The first-order valence-electron chi connectivity index (χ1n) is 11.9. The third-order valence-electron chi connectivity index (χ3n) is 6.22. The van der Waals surface area contributed by atoms with Gasteiger partial charge >= 0.3 is 18.0 Å². The SMILES string of the molecule is CCNC(=O)N1CCN(CC2=C(C(=O)OCC)[C@H](c3cccc(Cl)c3Cl)NC(=O)N2CC)C[C@H]1C. The van der Waals surface area contributed by atoms with Crippen LogP contribution in [0.5, 0.6) is 0 Å². The van der Waals surface area contributed by atoms with Crippen molar-refractivity contribution in [1.82, 2.24) is 25.3 Å². The number of esters is 1. The largest absolute Gasteiger partial charge is 0.463 e. The van der Waals surface area contributed by atoms with Gasteiger partial charge in [0.25, 0.3) is 0 Å². The summed E-state index contributed by atoms with van der Waals surface area (Å²) < 4.78 is 5.42. The summed E-state index contributed by atoms with van der Waals surface area (Å²) >= 11 is 12.7. The lowest BCUT2D eigenvalue weighted by molar-refractivity contribution is -0.139. The van der Waals surface area contributed by atoms with Gasteiger partial charge in [-0.1, -0.05) is 35.3 Å².